The number of thioether (sulfide) groups is 1. The Morgan fingerprint density at radius 3 is 2.38 bits per heavy atom. The summed E-state index contributed by atoms with van der Waals surface area (Å²) >= 11 is 7.59. The zero-order chi connectivity index (χ0) is 21.7. The first-order valence-electron chi connectivity index (χ1n) is 11.5. The van der Waals surface area contributed by atoms with Crippen LogP contribution in [0.3, 0.4) is 0 Å². The molecule has 0 saturated heterocycles. The van der Waals surface area contributed by atoms with Crippen LogP contribution in [-0.4, -0.2) is 26.3 Å². The van der Waals surface area contributed by atoms with Crippen molar-refractivity contribution in [3.8, 4) is 11.4 Å². The minimum atomic E-state index is -0.0768. The van der Waals surface area contributed by atoms with Gasteiger partial charge in [-0.1, -0.05) is 23.4 Å². The monoisotopic (exact) mass is 467 g/mol. The lowest BCUT2D eigenvalue weighted by atomic mass is 9.48. The molecule has 0 spiro atoms. The quantitative estimate of drug-likeness (QED) is 0.392. The van der Waals surface area contributed by atoms with E-state index in [9.17, 15) is 4.79 Å². The molecule has 7 heteroatoms. The lowest BCUT2D eigenvalue weighted by molar-refractivity contribution is -0.141. The third kappa shape index (κ3) is 3.71. The molecule has 4 saturated carbocycles. The van der Waals surface area contributed by atoms with E-state index < -0.39 is 0 Å². The van der Waals surface area contributed by atoms with E-state index in [0.717, 1.165) is 59.3 Å². The lowest BCUT2D eigenvalue weighted by Crippen LogP contribution is -2.50. The summed E-state index contributed by atoms with van der Waals surface area (Å²) in [7, 11) is 0. The Hall–Kier alpha value is -2.05. The number of hydrogen-bond acceptors (Lipinski definition) is 5. The van der Waals surface area contributed by atoms with Gasteiger partial charge in [0.15, 0.2) is 11.0 Å². The molecular weight excluding hydrogens is 442 g/mol. The fourth-order valence-electron chi connectivity index (χ4n) is 6.64. The molecule has 2 heterocycles. The number of carbonyl (C=O) groups excluding carboxylic acids is 1. The fourth-order valence-corrected chi connectivity index (χ4v) is 7.74. The molecule has 4 bridgehead atoms. The van der Waals surface area contributed by atoms with Crippen molar-refractivity contribution in [3.63, 3.8) is 0 Å². The zero-order valence-electron chi connectivity index (χ0n) is 17.9. The van der Waals surface area contributed by atoms with Gasteiger partial charge in [-0.3, -0.25) is 9.36 Å². The molecule has 166 valence electrons. The van der Waals surface area contributed by atoms with Gasteiger partial charge in [0.05, 0.1) is 18.6 Å². The second kappa shape index (κ2) is 8.07. The molecule has 0 amide bonds. The van der Waals surface area contributed by atoms with Gasteiger partial charge in [-0.15, -0.1) is 10.2 Å². The van der Waals surface area contributed by atoms with Crippen LogP contribution in [0.15, 0.2) is 52.2 Å². The zero-order valence-corrected chi connectivity index (χ0v) is 19.4. The predicted molar refractivity (Wildman–Crippen MR) is 125 cm³/mol. The molecule has 1 aromatic carbocycles. The molecule has 7 rings (SSSR count). The predicted octanol–water partition coefficient (Wildman–Crippen LogP) is 6.12. The molecule has 0 radical (unpaired) electrons. The van der Waals surface area contributed by atoms with E-state index in [0.29, 0.717) is 23.1 Å². The smallest absolute Gasteiger partial charge is 0.192 e. The topological polar surface area (TPSA) is 60.9 Å². The summed E-state index contributed by atoms with van der Waals surface area (Å²) in [6, 6.07) is 11.4. The Morgan fingerprint density at radius 2 is 1.75 bits per heavy atom. The average molecular weight is 468 g/mol. The Bertz CT molecular complexity index is 1090. The van der Waals surface area contributed by atoms with E-state index in [1.165, 1.54) is 31.0 Å². The van der Waals surface area contributed by atoms with Crippen LogP contribution in [0.2, 0.25) is 5.02 Å². The molecule has 0 atom stereocenters. The summed E-state index contributed by atoms with van der Waals surface area (Å²) in [6.07, 6.45) is 9.03. The Kier molecular flexibility index (Phi) is 5.18. The first-order chi connectivity index (χ1) is 15.6. The SMILES string of the molecule is O=C(CSc1nnc(-c2ccc(Cl)cc2)n1Cc1ccco1)C12CC3CC(CC(C3)C1)C2. The lowest BCUT2D eigenvalue weighted by Gasteiger charge is -2.56. The normalized spacial score (nSPS) is 28.3. The average Bonchev–Trinajstić information content (AvgIpc) is 3.42. The van der Waals surface area contributed by atoms with Crippen molar-refractivity contribution in [1.29, 1.82) is 0 Å². The molecule has 32 heavy (non-hydrogen) atoms. The second-order valence-corrected chi connectivity index (χ2v) is 11.3. The van der Waals surface area contributed by atoms with Crippen molar-refractivity contribution in [3.05, 3.63) is 53.4 Å². The van der Waals surface area contributed by atoms with Crippen molar-refractivity contribution < 1.29 is 9.21 Å². The van der Waals surface area contributed by atoms with Gasteiger partial charge in [-0.2, -0.15) is 0 Å². The van der Waals surface area contributed by atoms with E-state index in [4.69, 9.17) is 16.0 Å². The highest BCUT2D eigenvalue weighted by Gasteiger charge is 2.54. The summed E-state index contributed by atoms with van der Waals surface area (Å²) in [4.78, 5) is 13.5. The minimum Gasteiger partial charge on any atom is -0.467 e. The van der Waals surface area contributed by atoms with E-state index in [1.807, 2.05) is 41.0 Å². The van der Waals surface area contributed by atoms with Gasteiger partial charge in [0, 0.05) is 16.0 Å². The van der Waals surface area contributed by atoms with Crippen LogP contribution in [-0.2, 0) is 11.3 Å². The van der Waals surface area contributed by atoms with Crippen LogP contribution < -0.4 is 0 Å². The number of rotatable bonds is 7. The summed E-state index contributed by atoms with van der Waals surface area (Å²) < 4.78 is 7.63. The number of hydrogen-bond donors (Lipinski definition) is 0. The van der Waals surface area contributed by atoms with E-state index in [1.54, 1.807) is 6.26 Å². The maximum Gasteiger partial charge on any atom is 0.192 e. The van der Waals surface area contributed by atoms with Gasteiger partial charge in [0.2, 0.25) is 0 Å². The Labute approximate surface area is 196 Å². The third-order valence-electron chi connectivity index (χ3n) is 7.68. The number of carbonyl (C=O) groups is 1. The molecular formula is C25H26ClN3O2S. The van der Waals surface area contributed by atoms with Crippen LogP contribution in [0.5, 0.6) is 0 Å². The van der Waals surface area contributed by atoms with Crippen LogP contribution in [0.1, 0.15) is 44.3 Å². The molecule has 4 aliphatic rings. The Morgan fingerprint density at radius 1 is 1.06 bits per heavy atom. The molecule has 0 aliphatic heterocycles. The summed E-state index contributed by atoms with van der Waals surface area (Å²) in [5.74, 6) is 4.78. The van der Waals surface area contributed by atoms with Crippen molar-refractivity contribution in [2.24, 2.45) is 23.2 Å². The first-order valence-corrected chi connectivity index (χ1v) is 12.8. The second-order valence-electron chi connectivity index (χ2n) is 9.89. The highest BCUT2D eigenvalue weighted by molar-refractivity contribution is 7.99. The van der Waals surface area contributed by atoms with Crippen LogP contribution in [0.4, 0.5) is 0 Å². The molecule has 0 N–H and O–H groups in total. The van der Waals surface area contributed by atoms with E-state index in [2.05, 4.69) is 10.2 Å². The van der Waals surface area contributed by atoms with Crippen LogP contribution >= 0.6 is 23.4 Å². The highest BCUT2D eigenvalue weighted by atomic mass is 35.5. The third-order valence-corrected chi connectivity index (χ3v) is 8.89. The summed E-state index contributed by atoms with van der Waals surface area (Å²) in [6.45, 7) is 0.520. The number of Topliss-reactive ketones (excluding diaryl/α,β-unsaturated/α-hetero) is 1. The van der Waals surface area contributed by atoms with Gasteiger partial charge in [0.1, 0.15) is 11.5 Å². The van der Waals surface area contributed by atoms with Crippen molar-refractivity contribution in [1.82, 2.24) is 14.8 Å². The van der Waals surface area contributed by atoms with Crippen molar-refractivity contribution >= 4 is 29.1 Å². The maximum absolute atomic E-state index is 13.5. The molecule has 4 aliphatic carbocycles. The van der Waals surface area contributed by atoms with Gasteiger partial charge >= 0.3 is 0 Å². The van der Waals surface area contributed by atoms with Crippen molar-refractivity contribution in [2.75, 3.05) is 5.75 Å². The van der Waals surface area contributed by atoms with E-state index >= 15 is 0 Å². The van der Waals surface area contributed by atoms with Gasteiger partial charge in [-0.05, 0) is 92.7 Å². The molecule has 3 aromatic rings. The van der Waals surface area contributed by atoms with Crippen LogP contribution in [0.25, 0.3) is 11.4 Å². The molecule has 4 fully saturated rings. The van der Waals surface area contributed by atoms with E-state index in [-0.39, 0.29) is 5.41 Å². The standard InChI is InChI=1S/C25H26ClN3O2S/c26-20-5-3-19(4-6-20)23-27-28-24(29(23)14-21-2-1-7-31-21)32-15-22(30)25-11-16-8-17(12-25)10-18(9-16)13-25/h1-7,16-18H,8-15H2. The van der Waals surface area contributed by atoms with Crippen molar-refractivity contribution in [2.45, 2.75) is 50.2 Å². The highest BCUT2D eigenvalue weighted by Crippen LogP contribution is 2.60. The largest absolute Gasteiger partial charge is 0.467 e. The number of halogens is 1. The summed E-state index contributed by atoms with van der Waals surface area (Å²) in [5, 5.41) is 10.4. The van der Waals surface area contributed by atoms with Gasteiger partial charge < -0.3 is 4.42 Å². The van der Waals surface area contributed by atoms with Crippen LogP contribution in [0, 0.1) is 23.2 Å². The summed E-state index contributed by atoms with van der Waals surface area (Å²) in [5.41, 5.74) is 0.861. The first kappa shape index (κ1) is 20.5. The Balaban J connectivity index is 1.25. The number of nitrogens with zero attached hydrogens (tertiary/aromatic N) is 3. The molecule has 0 unspecified atom stereocenters. The molecule has 5 nitrogen and oxygen atoms in total. The van der Waals surface area contributed by atoms with Gasteiger partial charge in [0.25, 0.3) is 0 Å². The number of benzene rings is 1. The number of ketones is 1. The van der Waals surface area contributed by atoms with Gasteiger partial charge in [-0.25, -0.2) is 0 Å². The number of furan rings is 1. The maximum atomic E-state index is 13.5. The molecule has 2 aromatic heterocycles. The minimum absolute atomic E-state index is 0.0768. The fraction of sp³-hybridized carbons (Fsp3) is 0.480. The number of aromatic nitrogens is 3.